The summed E-state index contributed by atoms with van der Waals surface area (Å²) in [5.41, 5.74) is 1.26. The Balaban J connectivity index is 0.00000147. The second-order valence-electron chi connectivity index (χ2n) is 5.69. The van der Waals surface area contributed by atoms with Gasteiger partial charge in [-0.1, -0.05) is 23.7 Å². The summed E-state index contributed by atoms with van der Waals surface area (Å²) in [6.45, 7) is 0.916. The third-order valence-corrected chi connectivity index (χ3v) is 4.76. The molecule has 2 fully saturated rings. The van der Waals surface area contributed by atoms with Crippen LogP contribution in [-0.4, -0.2) is 28.1 Å². The van der Waals surface area contributed by atoms with Crippen molar-refractivity contribution < 1.29 is 9.90 Å². The van der Waals surface area contributed by atoms with Gasteiger partial charge in [0.2, 0.25) is 0 Å². The van der Waals surface area contributed by atoms with Crippen LogP contribution >= 0.6 is 24.0 Å². The van der Waals surface area contributed by atoms with E-state index in [9.17, 15) is 9.90 Å². The van der Waals surface area contributed by atoms with E-state index in [2.05, 4.69) is 17.0 Å². The largest absolute Gasteiger partial charge is 0.481 e. The Morgan fingerprint density at radius 2 is 1.75 bits per heavy atom. The normalized spacial score (nSPS) is 28.9. The number of nitrogens with zero attached hydrogens (tertiary/aromatic N) is 1. The highest BCUT2D eigenvalue weighted by molar-refractivity contribution is 6.30. The lowest BCUT2D eigenvalue weighted by molar-refractivity contribution is -0.144. The lowest BCUT2D eigenvalue weighted by Gasteiger charge is -2.37. The van der Waals surface area contributed by atoms with Gasteiger partial charge in [0.05, 0.1) is 5.92 Å². The van der Waals surface area contributed by atoms with Crippen molar-refractivity contribution in [1.82, 2.24) is 4.90 Å². The standard InChI is InChI=1S/C15H18ClNO2.ClH/c16-12-3-1-10(2-4-12)9-17-13-5-6-14(17)8-11(7-13)15(18)19;/h1-4,11,13-14H,5-9H2,(H,18,19);1H. The fourth-order valence-corrected chi connectivity index (χ4v) is 3.66. The molecule has 2 aliphatic rings. The minimum absolute atomic E-state index is 0. The van der Waals surface area contributed by atoms with Gasteiger partial charge in [0.15, 0.2) is 0 Å². The number of carboxylic acid groups (broad SMARTS) is 1. The molecule has 1 N–H and O–H groups in total. The summed E-state index contributed by atoms with van der Waals surface area (Å²) in [7, 11) is 0. The van der Waals surface area contributed by atoms with E-state index in [0.717, 1.165) is 37.3 Å². The highest BCUT2D eigenvalue weighted by atomic mass is 35.5. The second kappa shape index (κ2) is 6.33. The van der Waals surface area contributed by atoms with E-state index >= 15 is 0 Å². The molecule has 110 valence electrons. The first-order valence-corrected chi connectivity index (χ1v) is 7.24. The highest BCUT2D eigenvalue weighted by Gasteiger charge is 2.42. The summed E-state index contributed by atoms with van der Waals surface area (Å²) in [5.74, 6) is -0.762. The Morgan fingerprint density at radius 1 is 1.20 bits per heavy atom. The summed E-state index contributed by atoms with van der Waals surface area (Å²) >= 11 is 5.90. The zero-order valence-corrected chi connectivity index (χ0v) is 12.7. The van der Waals surface area contributed by atoms with Gasteiger partial charge in [0.1, 0.15) is 0 Å². The highest BCUT2D eigenvalue weighted by Crippen LogP contribution is 2.39. The van der Waals surface area contributed by atoms with Gasteiger partial charge in [-0.2, -0.15) is 0 Å². The maximum Gasteiger partial charge on any atom is 0.306 e. The number of benzene rings is 1. The van der Waals surface area contributed by atoms with Crippen LogP contribution in [0.4, 0.5) is 0 Å². The van der Waals surface area contributed by atoms with Gasteiger partial charge in [-0.25, -0.2) is 0 Å². The van der Waals surface area contributed by atoms with Crippen LogP contribution in [0, 0.1) is 5.92 Å². The van der Waals surface area contributed by atoms with Crippen molar-refractivity contribution in [2.24, 2.45) is 5.92 Å². The summed E-state index contributed by atoms with van der Waals surface area (Å²) in [6.07, 6.45) is 3.89. The van der Waals surface area contributed by atoms with Gasteiger partial charge in [0, 0.05) is 23.7 Å². The summed E-state index contributed by atoms with van der Waals surface area (Å²) < 4.78 is 0. The minimum Gasteiger partial charge on any atom is -0.481 e. The molecule has 2 saturated heterocycles. The van der Waals surface area contributed by atoms with Crippen LogP contribution in [0.1, 0.15) is 31.2 Å². The molecule has 0 aliphatic carbocycles. The van der Waals surface area contributed by atoms with Crippen molar-refractivity contribution in [2.75, 3.05) is 0 Å². The van der Waals surface area contributed by atoms with Crippen LogP contribution in [0.15, 0.2) is 24.3 Å². The molecule has 2 heterocycles. The average molecular weight is 316 g/mol. The number of halogens is 2. The molecule has 2 aliphatic heterocycles. The van der Waals surface area contributed by atoms with Crippen molar-refractivity contribution in [3.8, 4) is 0 Å². The predicted molar refractivity (Wildman–Crippen MR) is 81.4 cm³/mol. The number of carboxylic acids is 1. The number of carbonyl (C=O) groups is 1. The molecular formula is C15H19Cl2NO2. The Kier molecular flexibility index (Phi) is 4.95. The monoisotopic (exact) mass is 315 g/mol. The van der Waals surface area contributed by atoms with E-state index in [4.69, 9.17) is 11.6 Å². The fourth-order valence-electron chi connectivity index (χ4n) is 3.53. The van der Waals surface area contributed by atoms with Crippen LogP contribution in [0.3, 0.4) is 0 Å². The zero-order valence-electron chi connectivity index (χ0n) is 11.2. The number of fused-ring (bicyclic) bond motifs is 2. The topological polar surface area (TPSA) is 40.5 Å². The first kappa shape index (κ1) is 15.6. The van der Waals surface area contributed by atoms with E-state index in [0.29, 0.717) is 12.1 Å². The lowest BCUT2D eigenvalue weighted by Crippen LogP contribution is -2.44. The van der Waals surface area contributed by atoms with Gasteiger partial charge in [-0.05, 0) is 43.4 Å². The van der Waals surface area contributed by atoms with Crippen molar-refractivity contribution in [3.63, 3.8) is 0 Å². The second-order valence-corrected chi connectivity index (χ2v) is 6.13. The molecule has 1 aromatic carbocycles. The Labute approximate surface area is 130 Å². The van der Waals surface area contributed by atoms with E-state index in [1.165, 1.54) is 5.56 Å². The van der Waals surface area contributed by atoms with Crippen molar-refractivity contribution in [3.05, 3.63) is 34.9 Å². The molecule has 0 amide bonds. The molecule has 3 nitrogen and oxygen atoms in total. The van der Waals surface area contributed by atoms with E-state index in [1.807, 2.05) is 12.1 Å². The Bertz CT molecular complexity index is 463. The average Bonchev–Trinajstić information content (AvgIpc) is 2.62. The van der Waals surface area contributed by atoms with Crippen LogP contribution in [-0.2, 0) is 11.3 Å². The molecule has 2 unspecified atom stereocenters. The predicted octanol–water partition coefficient (Wildman–Crippen LogP) is 3.59. The van der Waals surface area contributed by atoms with Crippen LogP contribution in [0.5, 0.6) is 0 Å². The molecule has 0 radical (unpaired) electrons. The van der Waals surface area contributed by atoms with Gasteiger partial charge < -0.3 is 5.11 Å². The van der Waals surface area contributed by atoms with Gasteiger partial charge in [0.25, 0.3) is 0 Å². The van der Waals surface area contributed by atoms with Crippen molar-refractivity contribution in [1.29, 1.82) is 0 Å². The summed E-state index contributed by atoms with van der Waals surface area (Å²) in [5, 5.41) is 9.94. The number of piperidine rings is 1. The summed E-state index contributed by atoms with van der Waals surface area (Å²) in [6, 6.07) is 8.84. The van der Waals surface area contributed by atoms with E-state index in [1.54, 1.807) is 0 Å². The van der Waals surface area contributed by atoms with Crippen LogP contribution in [0.2, 0.25) is 5.02 Å². The molecule has 2 atom stereocenters. The number of rotatable bonds is 3. The number of hydrogen-bond donors (Lipinski definition) is 1. The minimum atomic E-state index is -0.622. The third kappa shape index (κ3) is 3.11. The van der Waals surface area contributed by atoms with E-state index < -0.39 is 5.97 Å². The first-order valence-electron chi connectivity index (χ1n) is 6.86. The van der Waals surface area contributed by atoms with Crippen LogP contribution in [0.25, 0.3) is 0 Å². The maximum atomic E-state index is 11.1. The maximum absolute atomic E-state index is 11.1. The molecule has 3 rings (SSSR count). The summed E-state index contributed by atoms with van der Waals surface area (Å²) in [4.78, 5) is 13.6. The molecule has 0 saturated carbocycles. The van der Waals surface area contributed by atoms with Gasteiger partial charge >= 0.3 is 5.97 Å². The zero-order chi connectivity index (χ0) is 13.4. The van der Waals surface area contributed by atoms with E-state index in [-0.39, 0.29) is 18.3 Å². The fraction of sp³-hybridized carbons (Fsp3) is 0.533. The smallest absolute Gasteiger partial charge is 0.306 e. The van der Waals surface area contributed by atoms with Gasteiger partial charge in [-0.15, -0.1) is 12.4 Å². The van der Waals surface area contributed by atoms with Crippen LogP contribution < -0.4 is 0 Å². The molecule has 2 bridgehead atoms. The van der Waals surface area contributed by atoms with Gasteiger partial charge in [-0.3, -0.25) is 9.69 Å². The molecule has 0 aromatic heterocycles. The molecular weight excluding hydrogens is 297 g/mol. The SMILES string of the molecule is Cl.O=C(O)C1CC2CCC(C1)N2Cc1ccc(Cl)cc1. The number of aliphatic carboxylic acids is 1. The third-order valence-electron chi connectivity index (χ3n) is 4.51. The number of hydrogen-bond acceptors (Lipinski definition) is 2. The molecule has 0 spiro atoms. The first-order chi connectivity index (χ1) is 9.13. The van der Waals surface area contributed by atoms with Crippen molar-refractivity contribution in [2.45, 2.75) is 44.3 Å². The quantitative estimate of drug-likeness (QED) is 0.926. The molecule has 1 aromatic rings. The van der Waals surface area contributed by atoms with Crippen molar-refractivity contribution >= 4 is 30.0 Å². The lowest BCUT2D eigenvalue weighted by atomic mass is 9.90. The molecule has 20 heavy (non-hydrogen) atoms. The Morgan fingerprint density at radius 3 is 2.25 bits per heavy atom. The Hall–Kier alpha value is -0.770. The molecule has 5 heteroatoms.